The topological polar surface area (TPSA) is 194 Å². The number of hydrogen-bond acceptors (Lipinski definition) is 13. The van der Waals surface area contributed by atoms with Crippen LogP contribution in [0.5, 0.6) is 46.0 Å². The number of methoxy groups -OCH3 is 2. The maximum atomic E-state index is 13.2. The van der Waals surface area contributed by atoms with Crippen molar-refractivity contribution in [1.82, 2.24) is 0 Å². The number of allylic oxidation sites excluding steroid dienone is 3. The van der Waals surface area contributed by atoms with Gasteiger partial charge in [-0.2, -0.15) is 0 Å². The lowest BCUT2D eigenvalue weighted by atomic mass is 9.77. The number of ether oxygens (including phenoxy) is 7. The number of benzene rings is 5. The Morgan fingerprint density at radius 1 is 0.717 bits per heavy atom. The fourth-order valence-electron chi connectivity index (χ4n) is 6.53. The first kappa shape index (κ1) is 40.0. The molecule has 302 valence electrons. The number of carboxylic acid groups (broad SMARTS) is 1. The van der Waals surface area contributed by atoms with Gasteiger partial charge in [0.2, 0.25) is 0 Å². The number of aliphatic carboxylic acids is 1. The molecule has 0 amide bonds. The Bertz CT molecular complexity index is 2650. The van der Waals surface area contributed by atoms with Gasteiger partial charge in [0, 0.05) is 34.9 Å². The molecule has 1 spiro atoms. The van der Waals surface area contributed by atoms with Gasteiger partial charge in [-0.1, -0.05) is 42.5 Å². The first-order chi connectivity index (χ1) is 29.0. The quantitative estimate of drug-likeness (QED) is 0.0325. The van der Waals surface area contributed by atoms with Crippen LogP contribution in [0.4, 0.5) is 0 Å². The molecule has 1 atom stereocenters. The molecule has 0 aliphatic carbocycles. The molecule has 14 nitrogen and oxygen atoms in total. The molecular weight excluding hydrogens is 776 g/mol. The van der Waals surface area contributed by atoms with Crippen LogP contribution in [-0.2, 0) is 24.7 Å². The molecule has 0 fully saturated rings. The maximum absolute atomic E-state index is 13.2. The van der Waals surface area contributed by atoms with Crippen molar-refractivity contribution in [3.63, 3.8) is 0 Å². The van der Waals surface area contributed by atoms with Crippen LogP contribution >= 0.6 is 0 Å². The highest BCUT2D eigenvalue weighted by Crippen LogP contribution is 2.57. The summed E-state index contributed by atoms with van der Waals surface area (Å²) in [5.41, 5.74) is 1.69. The molecule has 7 rings (SSSR count). The summed E-state index contributed by atoms with van der Waals surface area (Å²) in [5, 5.41) is 29.1. The Morgan fingerprint density at radius 3 is 2.12 bits per heavy atom. The largest absolute Gasteiger partial charge is 0.508 e. The van der Waals surface area contributed by atoms with Crippen molar-refractivity contribution in [2.45, 2.75) is 5.60 Å². The van der Waals surface area contributed by atoms with Crippen molar-refractivity contribution in [1.29, 1.82) is 0 Å². The van der Waals surface area contributed by atoms with Crippen LogP contribution in [0.2, 0.25) is 0 Å². The lowest BCUT2D eigenvalue weighted by Crippen LogP contribution is -2.33. The molecule has 0 radical (unpaired) electrons. The number of carbonyl (C=O) groups excluding carboxylic acids is 3. The van der Waals surface area contributed by atoms with E-state index in [-0.39, 0.29) is 46.0 Å². The highest BCUT2D eigenvalue weighted by atomic mass is 16.6. The number of aliphatic hydroxyl groups excluding tert-OH is 1. The third kappa shape index (κ3) is 8.38. The van der Waals surface area contributed by atoms with Crippen LogP contribution in [0.25, 0.3) is 12.2 Å². The van der Waals surface area contributed by atoms with E-state index in [0.717, 1.165) is 18.4 Å². The summed E-state index contributed by atoms with van der Waals surface area (Å²) < 4.78 is 39.4. The minimum atomic E-state index is -1.41. The van der Waals surface area contributed by atoms with E-state index in [0.29, 0.717) is 39.1 Å². The van der Waals surface area contributed by atoms with Gasteiger partial charge in [-0.25, -0.2) is 14.4 Å². The van der Waals surface area contributed by atoms with Crippen LogP contribution in [0, 0.1) is 0 Å². The number of phenolic OH excluding ortho intramolecular Hbond substituents is 1. The van der Waals surface area contributed by atoms with Gasteiger partial charge in [0.25, 0.3) is 0 Å². The fraction of sp³-hybridized carbons (Fsp3) is 0.0870. The molecule has 60 heavy (non-hydrogen) atoms. The highest BCUT2D eigenvalue weighted by molar-refractivity contribution is 6.02. The lowest BCUT2D eigenvalue weighted by molar-refractivity contribution is -0.139. The van der Waals surface area contributed by atoms with Crippen molar-refractivity contribution in [2.24, 2.45) is 0 Å². The van der Waals surface area contributed by atoms with Crippen molar-refractivity contribution in [3.05, 3.63) is 167 Å². The Morgan fingerprint density at radius 2 is 1.38 bits per heavy atom. The third-order valence-corrected chi connectivity index (χ3v) is 9.20. The number of esters is 2. The number of carbonyl (C=O) groups is 4. The van der Waals surface area contributed by atoms with Gasteiger partial charge in [-0.05, 0) is 77.9 Å². The summed E-state index contributed by atoms with van der Waals surface area (Å²) in [7, 11) is 2.84. The average molecular weight is 811 g/mol. The zero-order valence-electron chi connectivity index (χ0n) is 31.8. The molecule has 2 aliphatic rings. The molecule has 2 aliphatic heterocycles. The number of aromatic hydroxyl groups is 1. The summed E-state index contributed by atoms with van der Waals surface area (Å²) >= 11 is 0. The van der Waals surface area contributed by atoms with Gasteiger partial charge in [0.1, 0.15) is 28.8 Å². The number of fused-ring (bicyclic) bond motifs is 6. The van der Waals surface area contributed by atoms with E-state index in [1.807, 2.05) is 0 Å². The minimum absolute atomic E-state index is 0.0308. The van der Waals surface area contributed by atoms with Gasteiger partial charge in [-0.15, -0.1) is 0 Å². The van der Waals surface area contributed by atoms with Crippen LogP contribution in [0.1, 0.15) is 38.2 Å². The fourth-order valence-corrected chi connectivity index (χ4v) is 6.53. The molecule has 14 heteroatoms. The van der Waals surface area contributed by atoms with Crippen LogP contribution in [0.15, 0.2) is 133 Å². The number of hydrogen-bond donors (Lipinski definition) is 3. The predicted molar refractivity (Wildman–Crippen MR) is 215 cm³/mol. The zero-order chi connectivity index (χ0) is 42.4. The minimum Gasteiger partial charge on any atom is -0.508 e. The van der Waals surface area contributed by atoms with Gasteiger partial charge < -0.3 is 48.5 Å². The Hall–Kier alpha value is -8.26. The van der Waals surface area contributed by atoms with Crippen molar-refractivity contribution in [3.8, 4) is 46.0 Å². The summed E-state index contributed by atoms with van der Waals surface area (Å²) in [6.45, 7) is -0.583. The lowest BCUT2D eigenvalue weighted by Gasteiger charge is -2.36. The average Bonchev–Trinajstić information content (AvgIpc) is 3.53. The molecule has 0 bridgehead atoms. The normalized spacial score (nSPS) is 15.2. The SMILES string of the molecule is COc1cc(/C=C/C(=O)/C=C(O)/C=C/c2ccc(O/C=C/C(=O)Oc3ccc4c(c3)Oc3cc(OCC(=O)O)ccc3C43OC(=O)c4ccccc43)c(OC)c2)ccc1O. The van der Waals surface area contributed by atoms with Crippen LogP contribution in [0.3, 0.4) is 0 Å². The molecule has 0 aromatic heterocycles. The monoisotopic (exact) mass is 810 g/mol. The molecular formula is C46H34O14. The smallest absolute Gasteiger partial charge is 0.341 e. The first-order valence-electron chi connectivity index (χ1n) is 18.0. The standard InChI is InChI=1S/C46H34O14/c1-54-41-21-27(9-17-37(41)49)7-11-29(47)23-30(48)12-8-28-10-18-38(42(22-28)55-2)56-20-19-44(52)58-32-14-16-36-40(25-32)59-39-24-31(57-26-43(50)51)13-15-35(39)46(36)34-6-4-3-5-33(34)45(53)60-46/h3-25,48-49H,26H2,1-2H3,(H,50,51)/b11-7+,12-8+,20-19+,30-23-. The second kappa shape index (κ2) is 17.1. The van der Waals surface area contributed by atoms with E-state index < -0.39 is 35.9 Å². The van der Waals surface area contributed by atoms with E-state index >= 15 is 0 Å². The second-order valence-electron chi connectivity index (χ2n) is 13.0. The number of ketones is 1. The number of carboxylic acids is 1. The summed E-state index contributed by atoms with van der Waals surface area (Å²) in [5.74, 6) is -1.73. The Labute approximate surface area is 342 Å². The molecule has 3 N–H and O–H groups in total. The zero-order valence-corrected chi connectivity index (χ0v) is 31.8. The Kier molecular flexibility index (Phi) is 11.4. The summed E-state index contributed by atoms with van der Waals surface area (Å²) in [4.78, 5) is 49.5. The molecule has 2 heterocycles. The van der Waals surface area contributed by atoms with Gasteiger partial charge in [0.05, 0.1) is 32.1 Å². The van der Waals surface area contributed by atoms with Crippen molar-refractivity contribution in [2.75, 3.05) is 20.8 Å². The number of aliphatic hydroxyl groups is 1. The molecule has 0 saturated carbocycles. The molecule has 1 unspecified atom stereocenters. The van der Waals surface area contributed by atoms with E-state index in [9.17, 15) is 29.4 Å². The van der Waals surface area contributed by atoms with E-state index in [1.54, 1.807) is 78.9 Å². The Balaban J connectivity index is 1.02. The highest BCUT2D eigenvalue weighted by Gasteiger charge is 2.53. The van der Waals surface area contributed by atoms with Gasteiger partial charge in [-0.3, -0.25) is 4.79 Å². The van der Waals surface area contributed by atoms with Crippen molar-refractivity contribution < 1.29 is 67.7 Å². The molecule has 5 aromatic rings. The van der Waals surface area contributed by atoms with Gasteiger partial charge in [0.15, 0.2) is 41.0 Å². The van der Waals surface area contributed by atoms with Crippen LogP contribution in [-0.4, -0.2) is 59.8 Å². The number of phenols is 1. The molecule has 0 saturated heterocycles. The van der Waals surface area contributed by atoms with E-state index in [4.69, 9.17) is 38.3 Å². The van der Waals surface area contributed by atoms with Gasteiger partial charge >= 0.3 is 17.9 Å². The third-order valence-electron chi connectivity index (χ3n) is 9.20. The molecule has 5 aromatic carbocycles. The second-order valence-corrected chi connectivity index (χ2v) is 13.0. The van der Waals surface area contributed by atoms with E-state index in [1.165, 1.54) is 56.7 Å². The van der Waals surface area contributed by atoms with Crippen LogP contribution < -0.4 is 28.4 Å². The summed E-state index contributed by atoms with van der Waals surface area (Å²) in [6, 6.07) is 25.8. The number of rotatable bonds is 14. The maximum Gasteiger partial charge on any atom is 0.341 e. The first-order valence-corrected chi connectivity index (χ1v) is 18.0. The van der Waals surface area contributed by atoms with E-state index in [2.05, 4.69) is 0 Å². The van der Waals surface area contributed by atoms with Crippen molar-refractivity contribution >= 4 is 35.8 Å². The summed E-state index contributed by atoms with van der Waals surface area (Å²) in [6.07, 6.45) is 8.87. The predicted octanol–water partition coefficient (Wildman–Crippen LogP) is 7.68.